The number of ether oxygens (including phenoxy) is 4. The number of rotatable bonds is 7. The van der Waals surface area contributed by atoms with Crippen LogP contribution >= 0.6 is 11.6 Å². The summed E-state index contributed by atoms with van der Waals surface area (Å²) in [5.41, 5.74) is 2.35. The van der Waals surface area contributed by atoms with Crippen LogP contribution in [0.2, 0.25) is 5.02 Å². The first kappa shape index (κ1) is 21.1. The standard InChI is InChI=1S/C21H25ClN2O5/c1-26-18-10-14(11-19(27-2)21(18)28-3)12-20(25)23-16-13-15(22)4-5-17(16)24-6-8-29-9-7-24/h4-5,10-11,13H,6-9,12H2,1-3H3,(H,23,25). The molecule has 0 aromatic heterocycles. The van der Waals surface area contributed by atoms with E-state index in [0.29, 0.717) is 41.2 Å². The van der Waals surface area contributed by atoms with Crippen LogP contribution in [0.3, 0.4) is 0 Å². The molecule has 0 saturated carbocycles. The highest BCUT2D eigenvalue weighted by Crippen LogP contribution is 2.38. The molecule has 1 fully saturated rings. The largest absolute Gasteiger partial charge is 0.493 e. The van der Waals surface area contributed by atoms with E-state index in [1.807, 2.05) is 12.1 Å². The molecule has 0 aliphatic carbocycles. The predicted molar refractivity (Wildman–Crippen MR) is 113 cm³/mol. The molecule has 0 spiro atoms. The molecule has 2 aromatic rings. The average Bonchev–Trinajstić information content (AvgIpc) is 2.73. The molecule has 1 aliphatic heterocycles. The summed E-state index contributed by atoms with van der Waals surface area (Å²) in [5, 5.41) is 3.54. The van der Waals surface area contributed by atoms with Crippen molar-refractivity contribution in [2.24, 2.45) is 0 Å². The molecular formula is C21H25ClN2O5. The first-order valence-electron chi connectivity index (χ1n) is 9.26. The minimum Gasteiger partial charge on any atom is -0.493 e. The highest BCUT2D eigenvalue weighted by atomic mass is 35.5. The lowest BCUT2D eigenvalue weighted by atomic mass is 10.1. The lowest BCUT2D eigenvalue weighted by Crippen LogP contribution is -2.36. The SMILES string of the molecule is COc1cc(CC(=O)Nc2cc(Cl)ccc2N2CCOCC2)cc(OC)c1OC. The summed E-state index contributed by atoms with van der Waals surface area (Å²) in [6, 6.07) is 9.03. The Morgan fingerprint density at radius 1 is 1.07 bits per heavy atom. The van der Waals surface area contributed by atoms with E-state index in [4.69, 9.17) is 30.5 Å². The fourth-order valence-electron chi connectivity index (χ4n) is 3.31. The third-order valence-electron chi connectivity index (χ3n) is 4.67. The molecule has 3 rings (SSSR count). The van der Waals surface area contributed by atoms with Gasteiger partial charge in [0.2, 0.25) is 11.7 Å². The molecule has 1 aliphatic rings. The smallest absolute Gasteiger partial charge is 0.228 e. The van der Waals surface area contributed by atoms with Crippen molar-refractivity contribution in [3.05, 3.63) is 40.9 Å². The number of methoxy groups -OCH3 is 3. The van der Waals surface area contributed by atoms with Gasteiger partial charge in [0, 0.05) is 18.1 Å². The van der Waals surface area contributed by atoms with E-state index in [-0.39, 0.29) is 12.3 Å². The maximum absolute atomic E-state index is 12.8. The van der Waals surface area contributed by atoms with Gasteiger partial charge in [0.15, 0.2) is 11.5 Å². The zero-order valence-electron chi connectivity index (χ0n) is 16.8. The second kappa shape index (κ2) is 9.71. The lowest BCUT2D eigenvalue weighted by Gasteiger charge is -2.30. The van der Waals surface area contributed by atoms with E-state index >= 15 is 0 Å². The van der Waals surface area contributed by atoms with Gasteiger partial charge in [0.1, 0.15) is 0 Å². The average molecular weight is 421 g/mol. The van der Waals surface area contributed by atoms with Crippen LogP contribution in [0.25, 0.3) is 0 Å². The van der Waals surface area contributed by atoms with Gasteiger partial charge < -0.3 is 29.2 Å². The topological polar surface area (TPSA) is 69.3 Å². The van der Waals surface area contributed by atoms with Gasteiger partial charge in [-0.2, -0.15) is 0 Å². The fourth-order valence-corrected chi connectivity index (χ4v) is 3.48. The Morgan fingerprint density at radius 2 is 1.72 bits per heavy atom. The van der Waals surface area contributed by atoms with E-state index < -0.39 is 0 Å². The summed E-state index contributed by atoms with van der Waals surface area (Å²) >= 11 is 6.17. The first-order valence-corrected chi connectivity index (χ1v) is 9.64. The van der Waals surface area contributed by atoms with E-state index in [2.05, 4.69) is 10.2 Å². The Kier molecular flexibility index (Phi) is 7.06. The number of morpholine rings is 1. The summed E-state index contributed by atoms with van der Waals surface area (Å²) in [7, 11) is 4.63. The zero-order chi connectivity index (χ0) is 20.8. The van der Waals surface area contributed by atoms with Crippen LogP contribution in [0.5, 0.6) is 17.2 Å². The maximum Gasteiger partial charge on any atom is 0.228 e. The van der Waals surface area contributed by atoms with Crippen molar-refractivity contribution in [3.8, 4) is 17.2 Å². The van der Waals surface area contributed by atoms with Gasteiger partial charge >= 0.3 is 0 Å². The van der Waals surface area contributed by atoms with Crippen LogP contribution < -0.4 is 24.4 Å². The third-order valence-corrected chi connectivity index (χ3v) is 4.91. The Morgan fingerprint density at radius 3 is 2.31 bits per heavy atom. The predicted octanol–water partition coefficient (Wildman–Crippen LogP) is 3.38. The van der Waals surface area contributed by atoms with Gasteiger partial charge in [-0.05, 0) is 35.9 Å². The second-order valence-electron chi connectivity index (χ2n) is 6.52. The highest BCUT2D eigenvalue weighted by molar-refractivity contribution is 6.31. The van der Waals surface area contributed by atoms with E-state index in [1.54, 1.807) is 39.5 Å². The maximum atomic E-state index is 12.8. The number of benzene rings is 2. The van der Waals surface area contributed by atoms with E-state index in [1.165, 1.54) is 0 Å². The number of hydrogen-bond acceptors (Lipinski definition) is 6. The molecule has 1 N–H and O–H groups in total. The van der Waals surface area contributed by atoms with Crippen molar-refractivity contribution in [3.63, 3.8) is 0 Å². The molecule has 7 nitrogen and oxygen atoms in total. The van der Waals surface area contributed by atoms with Crippen molar-refractivity contribution in [2.45, 2.75) is 6.42 Å². The third kappa shape index (κ3) is 5.05. The molecule has 0 atom stereocenters. The van der Waals surface area contributed by atoms with Gasteiger partial charge in [-0.3, -0.25) is 4.79 Å². The van der Waals surface area contributed by atoms with Crippen molar-refractivity contribution in [2.75, 3.05) is 57.8 Å². The molecule has 156 valence electrons. The minimum absolute atomic E-state index is 0.145. The Hall–Kier alpha value is -2.64. The molecule has 0 unspecified atom stereocenters. The van der Waals surface area contributed by atoms with Crippen molar-refractivity contribution >= 4 is 28.9 Å². The van der Waals surface area contributed by atoms with E-state index in [0.717, 1.165) is 24.3 Å². The summed E-state index contributed by atoms with van der Waals surface area (Å²) in [6.45, 7) is 2.83. The summed E-state index contributed by atoms with van der Waals surface area (Å²) in [6.07, 6.45) is 0.145. The van der Waals surface area contributed by atoms with Crippen LogP contribution in [0, 0.1) is 0 Å². The van der Waals surface area contributed by atoms with Crippen LogP contribution in [-0.2, 0) is 16.0 Å². The molecule has 0 bridgehead atoms. The van der Waals surface area contributed by atoms with Gasteiger partial charge in [0.05, 0.1) is 52.3 Å². The van der Waals surface area contributed by atoms with Crippen molar-refractivity contribution in [1.29, 1.82) is 0 Å². The lowest BCUT2D eigenvalue weighted by molar-refractivity contribution is -0.115. The number of anilines is 2. The molecule has 29 heavy (non-hydrogen) atoms. The van der Waals surface area contributed by atoms with Crippen molar-refractivity contribution in [1.82, 2.24) is 0 Å². The number of hydrogen-bond donors (Lipinski definition) is 1. The monoisotopic (exact) mass is 420 g/mol. The van der Waals surface area contributed by atoms with Crippen LogP contribution in [-0.4, -0.2) is 53.5 Å². The Labute approximate surface area is 175 Å². The number of halogens is 1. The van der Waals surface area contributed by atoms with Gasteiger partial charge in [-0.15, -0.1) is 0 Å². The van der Waals surface area contributed by atoms with Gasteiger partial charge in [0.25, 0.3) is 0 Å². The number of carbonyl (C=O) groups excluding carboxylic acids is 1. The number of nitrogens with one attached hydrogen (secondary N) is 1. The number of nitrogens with zero attached hydrogens (tertiary/aromatic N) is 1. The van der Waals surface area contributed by atoms with Crippen molar-refractivity contribution < 1.29 is 23.7 Å². The minimum atomic E-state index is -0.170. The Bertz CT molecular complexity index is 843. The normalized spacial score (nSPS) is 13.7. The van der Waals surface area contributed by atoms with Gasteiger partial charge in [-0.25, -0.2) is 0 Å². The molecule has 1 heterocycles. The van der Waals surface area contributed by atoms with Crippen LogP contribution in [0.4, 0.5) is 11.4 Å². The summed E-state index contributed by atoms with van der Waals surface area (Å²) in [5.74, 6) is 1.33. The molecule has 1 amide bonds. The molecule has 1 saturated heterocycles. The molecule has 8 heteroatoms. The molecule has 2 aromatic carbocycles. The first-order chi connectivity index (χ1) is 14.0. The number of carbonyl (C=O) groups is 1. The zero-order valence-corrected chi connectivity index (χ0v) is 17.5. The van der Waals surface area contributed by atoms with Crippen LogP contribution in [0.15, 0.2) is 30.3 Å². The Balaban J connectivity index is 1.80. The highest BCUT2D eigenvalue weighted by Gasteiger charge is 2.18. The second-order valence-corrected chi connectivity index (χ2v) is 6.96. The quantitative estimate of drug-likeness (QED) is 0.740. The van der Waals surface area contributed by atoms with E-state index in [9.17, 15) is 4.79 Å². The molecule has 0 radical (unpaired) electrons. The van der Waals surface area contributed by atoms with Gasteiger partial charge in [-0.1, -0.05) is 11.6 Å². The summed E-state index contributed by atoms with van der Waals surface area (Å²) in [4.78, 5) is 14.9. The molecular weight excluding hydrogens is 396 g/mol. The van der Waals surface area contributed by atoms with Crippen LogP contribution in [0.1, 0.15) is 5.56 Å². The summed E-state index contributed by atoms with van der Waals surface area (Å²) < 4.78 is 21.5. The number of amides is 1. The fraction of sp³-hybridized carbons (Fsp3) is 0.381.